The molecule has 1 aromatic carbocycles. The summed E-state index contributed by atoms with van der Waals surface area (Å²) in [4.78, 5) is 29.8. The molecule has 0 saturated carbocycles. The van der Waals surface area contributed by atoms with Crippen molar-refractivity contribution in [2.75, 3.05) is 11.9 Å². The minimum atomic E-state index is -0.276. The second kappa shape index (κ2) is 8.39. The molecule has 0 spiro atoms. The topological polar surface area (TPSA) is 84.2 Å². The van der Waals surface area contributed by atoms with Crippen LogP contribution < -0.4 is 10.6 Å². The molecular weight excluding hydrogens is 374 g/mol. The van der Waals surface area contributed by atoms with Crippen LogP contribution in [0.5, 0.6) is 0 Å². The Balaban J connectivity index is 1.55. The third-order valence-corrected chi connectivity index (χ3v) is 5.20. The fourth-order valence-corrected chi connectivity index (χ4v) is 3.70. The third kappa shape index (κ3) is 4.67. The molecule has 2 amide bonds. The van der Waals surface area contributed by atoms with Gasteiger partial charge in [0.2, 0.25) is 17.7 Å². The molecule has 6 nitrogen and oxygen atoms in total. The zero-order chi connectivity index (χ0) is 20.3. The summed E-state index contributed by atoms with van der Waals surface area (Å²) in [5.41, 5.74) is 4.50. The number of carbonyl (C=O) groups excluding carboxylic acids is 2. The SMILES string of the molecule is Cc1cc(C)c(NC(=O)CNC(=O)Cc2nc(-c3cccs3)oc2C)c(C)c1. The van der Waals surface area contributed by atoms with Crippen LogP contribution in [-0.2, 0) is 16.0 Å². The quantitative estimate of drug-likeness (QED) is 0.660. The Morgan fingerprint density at radius 2 is 1.82 bits per heavy atom. The van der Waals surface area contributed by atoms with E-state index in [2.05, 4.69) is 15.6 Å². The number of amides is 2. The highest BCUT2D eigenvalue weighted by atomic mass is 32.1. The molecule has 7 heteroatoms. The first-order chi connectivity index (χ1) is 13.3. The largest absolute Gasteiger partial charge is 0.440 e. The van der Waals surface area contributed by atoms with Crippen LogP contribution in [0.3, 0.4) is 0 Å². The van der Waals surface area contributed by atoms with Gasteiger partial charge in [-0.3, -0.25) is 9.59 Å². The molecule has 0 saturated heterocycles. The molecule has 0 aliphatic carbocycles. The van der Waals surface area contributed by atoms with Gasteiger partial charge in [-0.25, -0.2) is 4.98 Å². The number of anilines is 1. The summed E-state index contributed by atoms with van der Waals surface area (Å²) in [5, 5.41) is 7.46. The van der Waals surface area contributed by atoms with E-state index in [4.69, 9.17) is 4.42 Å². The van der Waals surface area contributed by atoms with E-state index in [0.717, 1.165) is 27.3 Å². The van der Waals surface area contributed by atoms with Crippen LogP contribution in [-0.4, -0.2) is 23.3 Å². The fourth-order valence-electron chi connectivity index (χ4n) is 3.05. The predicted octanol–water partition coefficient (Wildman–Crippen LogP) is 3.93. The number of oxazole rings is 1. The van der Waals surface area contributed by atoms with Crippen LogP contribution in [0.2, 0.25) is 0 Å². The molecule has 0 unspecified atom stereocenters. The van der Waals surface area contributed by atoms with Crippen molar-refractivity contribution >= 4 is 28.8 Å². The number of aryl methyl sites for hydroxylation is 4. The molecule has 146 valence electrons. The van der Waals surface area contributed by atoms with Gasteiger partial charge in [0.05, 0.1) is 23.5 Å². The molecule has 0 atom stereocenters. The van der Waals surface area contributed by atoms with Crippen LogP contribution in [0.4, 0.5) is 5.69 Å². The predicted molar refractivity (Wildman–Crippen MR) is 111 cm³/mol. The molecule has 0 bridgehead atoms. The summed E-state index contributed by atoms with van der Waals surface area (Å²) in [6.07, 6.45) is 0.0660. The van der Waals surface area contributed by atoms with Gasteiger partial charge in [-0.1, -0.05) is 23.8 Å². The Kier molecular flexibility index (Phi) is 5.94. The van der Waals surface area contributed by atoms with Crippen molar-refractivity contribution < 1.29 is 14.0 Å². The minimum Gasteiger partial charge on any atom is -0.440 e. The first-order valence-corrected chi connectivity index (χ1v) is 9.86. The molecule has 2 N–H and O–H groups in total. The molecular formula is C21H23N3O3S. The number of hydrogen-bond acceptors (Lipinski definition) is 5. The van der Waals surface area contributed by atoms with Crippen molar-refractivity contribution in [3.8, 4) is 10.8 Å². The Morgan fingerprint density at radius 1 is 1.11 bits per heavy atom. The first-order valence-electron chi connectivity index (χ1n) is 8.98. The standard InChI is InChI=1S/C21H23N3O3S/c1-12-8-13(2)20(14(3)9-12)24-19(26)11-22-18(25)10-16-15(4)27-21(23-16)17-6-5-7-28-17/h5-9H,10-11H2,1-4H3,(H,22,25)(H,24,26). The number of thiophene rings is 1. The summed E-state index contributed by atoms with van der Waals surface area (Å²) in [6.45, 7) is 7.60. The highest BCUT2D eigenvalue weighted by molar-refractivity contribution is 7.13. The number of aromatic nitrogens is 1. The molecule has 3 aromatic rings. The van der Waals surface area contributed by atoms with Gasteiger partial charge in [-0.15, -0.1) is 11.3 Å². The number of nitrogens with one attached hydrogen (secondary N) is 2. The van der Waals surface area contributed by atoms with Crippen molar-refractivity contribution in [1.29, 1.82) is 0 Å². The van der Waals surface area contributed by atoms with Gasteiger partial charge >= 0.3 is 0 Å². The van der Waals surface area contributed by atoms with Gasteiger partial charge < -0.3 is 15.1 Å². The molecule has 2 heterocycles. The van der Waals surface area contributed by atoms with Gasteiger partial charge in [0.25, 0.3) is 0 Å². The summed E-state index contributed by atoms with van der Waals surface area (Å²) < 4.78 is 5.64. The molecule has 0 radical (unpaired) electrons. The van der Waals surface area contributed by atoms with Crippen LogP contribution in [0.25, 0.3) is 10.8 Å². The van der Waals surface area contributed by atoms with Crippen molar-refractivity contribution in [3.63, 3.8) is 0 Å². The molecule has 28 heavy (non-hydrogen) atoms. The lowest BCUT2D eigenvalue weighted by Crippen LogP contribution is -2.34. The van der Waals surface area contributed by atoms with E-state index < -0.39 is 0 Å². The summed E-state index contributed by atoms with van der Waals surface area (Å²) >= 11 is 1.53. The number of rotatable bonds is 6. The molecule has 3 rings (SSSR count). The van der Waals surface area contributed by atoms with Crippen molar-refractivity contribution in [1.82, 2.24) is 10.3 Å². The first kappa shape index (κ1) is 19.8. The van der Waals surface area contributed by atoms with E-state index in [1.54, 1.807) is 6.92 Å². The number of benzene rings is 1. The molecule has 0 fully saturated rings. The third-order valence-electron chi connectivity index (χ3n) is 4.34. The van der Waals surface area contributed by atoms with Gasteiger partial charge in [0, 0.05) is 5.69 Å². The lowest BCUT2D eigenvalue weighted by atomic mass is 10.1. The minimum absolute atomic E-state index is 0.0660. The van der Waals surface area contributed by atoms with Crippen molar-refractivity contribution in [3.05, 3.63) is 57.8 Å². The second-order valence-corrected chi connectivity index (χ2v) is 7.72. The summed E-state index contributed by atoms with van der Waals surface area (Å²) in [7, 11) is 0. The van der Waals surface area contributed by atoms with Gasteiger partial charge in [0.15, 0.2) is 0 Å². The van der Waals surface area contributed by atoms with Crippen LogP contribution in [0.1, 0.15) is 28.1 Å². The van der Waals surface area contributed by atoms with E-state index in [1.165, 1.54) is 11.3 Å². The lowest BCUT2D eigenvalue weighted by molar-refractivity contribution is -0.123. The Morgan fingerprint density at radius 3 is 2.46 bits per heavy atom. The van der Waals surface area contributed by atoms with E-state index in [0.29, 0.717) is 17.3 Å². The maximum absolute atomic E-state index is 12.2. The highest BCUT2D eigenvalue weighted by Gasteiger charge is 2.16. The number of hydrogen-bond donors (Lipinski definition) is 2. The van der Waals surface area contributed by atoms with Crippen molar-refractivity contribution in [2.45, 2.75) is 34.1 Å². The smallest absolute Gasteiger partial charge is 0.243 e. The maximum atomic E-state index is 12.2. The zero-order valence-corrected chi connectivity index (χ0v) is 17.2. The number of nitrogens with zero attached hydrogens (tertiary/aromatic N) is 1. The van der Waals surface area contributed by atoms with Crippen LogP contribution in [0, 0.1) is 27.7 Å². The summed E-state index contributed by atoms with van der Waals surface area (Å²) in [5.74, 6) is 0.577. The van der Waals surface area contributed by atoms with E-state index in [-0.39, 0.29) is 24.8 Å². The molecule has 2 aromatic heterocycles. The van der Waals surface area contributed by atoms with E-state index >= 15 is 0 Å². The average Bonchev–Trinajstić information content (AvgIpc) is 3.27. The van der Waals surface area contributed by atoms with Gasteiger partial charge in [-0.05, 0) is 50.3 Å². The summed E-state index contributed by atoms with van der Waals surface area (Å²) in [6, 6.07) is 7.86. The Bertz CT molecular complexity index is 983. The average molecular weight is 398 g/mol. The van der Waals surface area contributed by atoms with Gasteiger partial charge in [0.1, 0.15) is 5.76 Å². The van der Waals surface area contributed by atoms with Crippen LogP contribution >= 0.6 is 11.3 Å². The molecule has 0 aliphatic rings. The zero-order valence-electron chi connectivity index (χ0n) is 16.4. The second-order valence-electron chi connectivity index (χ2n) is 6.77. The fraction of sp³-hybridized carbons (Fsp3) is 0.286. The number of carbonyl (C=O) groups is 2. The highest BCUT2D eigenvalue weighted by Crippen LogP contribution is 2.26. The van der Waals surface area contributed by atoms with Gasteiger partial charge in [-0.2, -0.15) is 0 Å². The maximum Gasteiger partial charge on any atom is 0.243 e. The Labute approximate surface area is 168 Å². The Hall–Kier alpha value is -2.93. The van der Waals surface area contributed by atoms with Crippen LogP contribution in [0.15, 0.2) is 34.1 Å². The molecule has 0 aliphatic heterocycles. The van der Waals surface area contributed by atoms with E-state index in [9.17, 15) is 9.59 Å². The monoisotopic (exact) mass is 397 g/mol. The normalized spacial score (nSPS) is 10.7. The van der Waals surface area contributed by atoms with E-state index in [1.807, 2.05) is 50.4 Å². The lowest BCUT2D eigenvalue weighted by Gasteiger charge is -2.13. The van der Waals surface area contributed by atoms with Crippen molar-refractivity contribution in [2.24, 2.45) is 0 Å².